The number of nitrogens with zero attached hydrogens (tertiary/aromatic N) is 2. The topological polar surface area (TPSA) is 74.2 Å². The number of rotatable bonds is 3. The van der Waals surface area contributed by atoms with Crippen molar-refractivity contribution in [2.45, 2.75) is 20.0 Å². The molecule has 0 aliphatic rings. The van der Waals surface area contributed by atoms with Gasteiger partial charge in [-0.05, 0) is 26.0 Å². The molecule has 0 amide bonds. The lowest BCUT2D eigenvalue weighted by molar-refractivity contribution is 0.109. The predicted octanol–water partition coefficient (Wildman–Crippen LogP) is 2.33. The normalized spacial score (nSPS) is 12.6. The summed E-state index contributed by atoms with van der Waals surface area (Å²) in [6, 6.07) is 5.69. The second-order valence-electron chi connectivity index (χ2n) is 3.93. The van der Waals surface area contributed by atoms with E-state index in [1.807, 2.05) is 32.0 Å². The first-order valence-electron chi connectivity index (χ1n) is 5.34. The Morgan fingerprint density at radius 1 is 1.41 bits per heavy atom. The summed E-state index contributed by atoms with van der Waals surface area (Å²) in [4.78, 5) is 4.27. The third-order valence-corrected chi connectivity index (χ3v) is 2.60. The Hall–Kier alpha value is -1.88. The lowest BCUT2D eigenvalue weighted by Crippen LogP contribution is -1.98. The van der Waals surface area contributed by atoms with E-state index in [1.54, 1.807) is 7.11 Å². The third kappa shape index (κ3) is 2.29. The molecule has 17 heavy (non-hydrogen) atoms. The molecule has 5 nitrogen and oxygen atoms in total. The summed E-state index contributed by atoms with van der Waals surface area (Å²) in [6.07, 6.45) is -0.196. The molecule has 1 heterocycles. The molecule has 0 saturated carbocycles. The molecule has 0 radical (unpaired) electrons. The number of hydrogen-bond acceptors (Lipinski definition) is 5. The number of benzene rings is 1. The Kier molecular flexibility index (Phi) is 3.10. The first kappa shape index (κ1) is 11.6. The van der Waals surface area contributed by atoms with E-state index in [-0.39, 0.29) is 6.10 Å². The number of methoxy groups -OCH3 is 1. The number of nitrogens with two attached hydrogens (primary N) is 1. The first-order chi connectivity index (χ1) is 8.11. The molecule has 2 N–H and O–H groups in total. The van der Waals surface area contributed by atoms with Gasteiger partial charge < -0.3 is 15.0 Å². The molecule has 0 spiro atoms. The highest BCUT2D eigenvalue weighted by atomic mass is 16.5. The van der Waals surface area contributed by atoms with Gasteiger partial charge in [0, 0.05) is 12.8 Å². The van der Waals surface area contributed by atoms with Gasteiger partial charge in [0.1, 0.15) is 6.10 Å². The van der Waals surface area contributed by atoms with E-state index in [1.165, 1.54) is 0 Å². The van der Waals surface area contributed by atoms with Crippen molar-refractivity contribution in [3.8, 4) is 11.5 Å². The van der Waals surface area contributed by atoms with Crippen LogP contribution in [-0.2, 0) is 4.74 Å². The monoisotopic (exact) mass is 233 g/mol. The van der Waals surface area contributed by atoms with Crippen molar-refractivity contribution < 1.29 is 9.26 Å². The molecule has 1 aromatic heterocycles. The van der Waals surface area contributed by atoms with Gasteiger partial charge in [0.15, 0.2) is 0 Å². The van der Waals surface area contributed by atoms with Gasteiger partial charge >= 0.3 is 0 Å². The highest BCUT2D eigenvalue weighted by Crippen LogP contribution is 2.26. The molecule has 2 rings (SSSR count). The lowest BCUT2D eigenvalue weighted by Gasteiger charge is -2.02. The molecule has 0 fully saturated rings. The smallest absolute Gasteiger partial charge is 0.260 e. The fourth-order valence-electron chi connectivity index (χ4n) is 1.47. The SMILES string of the molecule is COC(C)c1noc(-c2cc(C)ccc2N)n1. The minimum Gasteiger partial charge on any atom is -0.398 e. The summed E-state index contributed by atoms with van der Waals surface area (Å²) in [5.41, 5.74) is 8.35. The quantitative estimate of drug-likeness (QED) is 0.823. The predicted molar refractivity (Wildman–Crippen MR) is 64.3 cm³/mol. The van der Waals surface area contributed by atoms with Crippen molar-refractivity contribution in [2.24, 2.45) is 0 Å². The van der Waals surface area contributed by atoms with Gasteiger partial charge in [-0.2, -0.15) is 4.98 Å². The second-order valence-corrected chi connectivity index (χ2v) is 3.93. The van der Waals surface area contributed by atoms with Gasteiger partial charge in [-0.3, -0.25) is 0 Å². The Bertz CT molecular complexity index is 522. The van der Waals surface area contributed by atoms with Gasteiger partial charge in [0.25, 0.3) is 5.89 Å². The Morgan fingerprint density at radius 2 is 2.18 bits per heavy atom. The molecule has 1 atom stereocenters. The van der Waals surface area contributed by atoms with Crippen LogP contribution in [0.25, 0.3) is 11.5 Å². The van der Waals surface area contributed by atoms with E-state index in [9.17, 15) is 0 Å². The fourth-order valence-corrected chi connectivity index (χ4v) is 1.47. The van der Waals surface area contributed by atoms with Crippen LogP contribution >= 0.6 is 0 Å². The average molecular weight is 233 g/mol. The van der Waals surface area contributed by atoms with Crippen LogP contribution in [0, 0.1) is 6.92 Å². The minimum absolute atomic E-state index is 0.196. The number of aromatic nitrogens is 2. The third-order valence-electron chi connectivity index (χ3n) is 2.60. The highest BCUT2D eigenvalue weighted by Gasteiger charge is 2.15. The molecular weight excluding hydrogens is 218 g/mol. The van der Waals surface area contributed by atoms with Crippen molar-refractivity contribution >= 4 is 5.69 Å². The van der Waals surface area contributed by atoms with E-state index in [2.05, 4.69) is 10.1 Å². The van der Waals surface area contributed by atoms with Crippen LogP contribution in [0.1, 0.15) is 24.4 Å². The van der Waals surface area contributed by atoms with E-state index in [4.69, 9.17) is 15.0 Å². The standard InChI is InChI=1S/C12H15N3O2/c1-7-4-5-10(13)9(6-7)12-14-11(15-17-12)8(2)16-3/h4-6,8H,13H2,1-3H3. The highest BCUT2D eigenvalue weighted by molar-refractivity contribution is 5.70. The Labute approximate surface area is 99.6 Å². The van der Waals surface area contributed by atoms with Gasteiger partial charge in [-0.1, -0.05) is 16.8 Å². The molecule has 1 unspecified atom stereocenters. The molecular formula is C12H15N3O2. The maximum Gasteiger partial charge on any atom is 0.260 e. The van der Waals surface area contributed by atoms with Crippen molar-refractivity contribution in [1.82, 2.24) is 10.1 Å². The summed E-state index contributed by atoms with van der Waals surface area (Å²) >= 11 is 0. The van der Waals surface area contributed by atoms with Crippen LogP contribution in [0.15, 0.2) is 22.7 Å². The average Bonchev–Trinajstić information content (AvgIpc) is 2.80. The van der Waals surface area contributed by atoms with Gasteiger partial charge in [-0.25, -0.2) is 0 Å². The van der Waals surface area contributed by atoms with E-state index >= 15 is 0 Å². The molecule has 0 aliphatic carbocycles. The fraction of sp³-hybridized carbons (Fsp3) is 0.333. The maximum atomic E-state index is 5.88. The zero-order valence-corrected chi connectivity index (χ0v) is 10.1. The summed E-state index contributed by atoms with van der Waals surface area (Å²) < 4.78 is 10.3. The summed E-state index contributed by atoms with van der Waals surface area (Å²) in [6.45, 7) is 3.84. The number of aryl methyl sites for hydroxylation is 1. The van der Waals surface area contributed by atoms with Crippen LogP contribution < -0.4 is 5.73 Å². The van der Waals surface area contributed by atoms with Crippen LogP contribution in [0.5, 0.6) is 0 Å². The minimum atomic E-state index is -0.196. The van der Waals surface area contributed by atoms with Crippen molar-refractivity contribution in [3.05, 3.63) is 29.6 Å². The number of nitrogen functional groups attached to an aromatic ring is 1. The molecule has 1 aromatic carbocycles. The van der Waals surface area contributed by atoms with Crippen molar-refractivity contribution in [1.29, 1.82) is 0 Å². The molecule has 0 aliphatic heterocycles. The number of ether oxygens (including phenoxy) is 1. The zero-order chi connectivity index (χ0) is 12.4. The van der Waals surface area contributed by atoms with E-state index < -0.39 is 0 Å². The van der Waals surface area contributed by atoms with Crippen molar-refractivity contribution in [3.63, 3.8) is 0 Å². The molecule has 5 heteroatoms. The second kappa shape index (κ2) is 4.55. The first-order valence-corrected chi connectivity index (χ1v) is 5.34. The van der Waals surface area contributed by atoms with E-state index in [0.717, 1.165) is 11.1 Å². The summed E-state index contributed by atoms with van der Waals surface area (Å²) in [5, 5.41) is 3.87. The maximum absolute atomic E-state index is 5.88. The van der Waals surface area contributed by atoms with Gasteiger partial charge in [0.05, 0.1) is 5.56 Å². The van der Waals surface area contributed by atoms with Crippen LogP contribution in [0.3, 0.4) is 0 Å². The number of hydrogen-bond donors (Lipinski definition) is 1. The molecule has 0 bridgehead atoms. The van der Waals surface area contributed by atoms with Crippen molar-refractivity contribution in [2.75, 3.05) is 12.8 Å². The van der Waals surface area contributed by atoms with Gasteiger partial charge in [0.2, 0.25) is 5.82 Å². The zero-order valence-electron chi connectivity index (χ0n) is 10.1. The van der Waals surface area contributed by atoms with Crippen LogP contribution in [0.4, 0.5) is 5.69 Å². The Morgan fingerprint density at radius 3 is 2.88 bits per heavy atom. The van der Waals surface area contributed by atoms with Gasteiger partial charge in [-0.15, -0.1) is 0 Å². The van der Waals surface area contributed by atoms with E-state index in [0.29, 0.717) is 17.4 Å². The van der Waals surface area contributed by atoms with Crippen LogP contribution in [-0.4, -0.2) is 17.3 Å². The molecule has 90 valence electrons. The summed E-state index contributed by atoms with van der Waals surface area (Å²) in [5.74, 6) is 0.938. The lowest BCUT2D eigenvalue weighted by atomic mass is 10.1. The molecule has 2 aromatic rings. The summed E-state index contributed by atoms with van der Waals surface area (Å²) in [7, 11) is 1.60. The molecule has 0 saturated heterocycles. The van der Waals surface area contributed by atoms with Crippen LogP contribution in [0.2, 0.25) is 0 Å². The largest absolute Gasteiger partial charge is 0.398 e. The Balaban J connectivity index is 2.40. The number of anilines is 1.